The number of benzene rings is 7. The number of aryl methyl sites for hydroxylation is 6. The minimum Gasteiger partial charge on any atom is -0.256 e. The van der Waals surface area contributed by atoms with Gasteiger partial charge in [-0.3, -0.25) is 15.0 Å². The molecule has 11 rings (SSSR count). The van der Waals surface area contributed by atoms with Crippen LogP contribution in [0.25, 0.3) is 78.3 Å². The van der Waals surface area contributed by atoms with Crippen molar-refractivity contribution < 1.29 is 5.48 Å². The fraction of sp³-hybridized carbons (Fsp3) is 0.109. The molecule has 0 saturated carbocycles. The molecule has 7 aromatic carbocycles. The lowest BCUT2D eigenvalue weighted by Crippen LogP contribution is -1.98. The largest absolute Gasteiger partial charge is 0.256 e. The van der Waals surface area contributed by atoms with Gasteiger partial charge in [-0.25, -0.2) is 0 Å². The summed E-state index contributed by atoms with van der Waals surface area (Å²) in [5, 5.41) is 0. The predicted octanol–water partition coefficient (Wildman–Crippen LogP) is 15.6. The van der Waals surface area contributed by atoms with E-state index in [2.05, 4.69) is 168 Å². The van der Waals surface area contributed by atoms with Crippen molar-refractivity contribution >= 4 is 0 Å². The lowest BCUT2D eigenvalue weighted by Gasteiger charge is -2.18. The van der Waals surface area contributed by atoms with E-state index in [0.717, 1.165) is 98.3 Å². The number of aromatic nitrogens is 3. The van der Waals surface area contributed by atoms with Crippen molar-refractivity contribution in [1.29, 1.82) is 0 Å². The molecule has 10 aromatic rings. The zero-order valence-corrected chi connectivity index (χ0v) is 37.2. The summed E-state index contributed by atoms with van der Waals surface area (Å²) in [7, 11) is 0. The standard InChI is InChI=1S/C64H51N3/c1-2-11-49(12-3-1)50-31-33-51(34-32-50)61-42-55(64-43-54-13-10-14-56(54)44-67-64)35-36-60(61)59-16-5-4-15-58(59)57-40-47(21-19-45-23-27-52(28-24-45)62-17-6-8-37-65-62)39-48(41-57)22-20-46-25-29-53(30-26-46)63-18-7-9-38-66-63/h1-9,11-12,15-18,23-44H,10,13-14,19-22H2/i13D2,14D2. The van der Waals surface area contributed by atoms with Crippen LogP contribution in [0.4, 0.5) is 0 Å². The summed E-state index contributed by atoms with van der Waals surface area (Å²) in [4.78, 5) is 13.9. The Labute approximate surface area is 400 Å². The summed E-state index contributed by atoms with van der Waals surface area (Å²) in [6.45, 7) is 0. The zero-order chi connectivity index (χ0) is 48.4. The van der Waals surface area contributed by atoms with Gasteiger partial charge < -0.3 is 0 Å². The van der Waals surface area contributed by atoms with Gasteiger partial charge in [0, 0.05) is 40.8 Å². The highest BCUT2D eigenvalue weighted by atomic mass is 14.7. The molecule has 0 spiro atoms. The molecule has 0 radical (unpaired) electrons. The number of fused-ring (bicyclic) bond motifs is 1. The third-order valence-corrected chi connectivity index (χ3v) is 12.9. The second kappa shape index (κ2) is 19.2. The Hall–Kier alpha value is -8.01. The molecule has 0 amide bonds. The first-order valence-corrected chi connectivity index (χ1v) is 23.2. The highest BCUT2D eigenvalue weighted by molar-refractivity contribution is 5.94. The molecule has 3 heteroatoms. The SMILES string of the molecule is [2H]C1([2H])CC([2H])([2H])c2cc(-c3ccc(-c4ccccc4-c4cc(CCc5ccc(-c6ccccn6)cc5)cc(CCc5ccc(-c6ccccn6)cc5)c4)c(-c4ccc(-c5ccccc5)cc4)c3)ncc21. The molecule has 322 valence electrons. The Morgan fingerprint density at radius 3 is 1.45 bits per heavy atom. The van der Waals surface area contributed by atoms with Gasteiger partial charge in [-0.05, 0) is 159 Å². The maximum Gasteiger partial charge on any atom is 0.0705 e. The van der Waals surface area contributed by atoms with Crippen molar-refractivity contribution in [3.63, 3.8) is 0 Å². The van der Waals surface area contributed by atoms with Gasteiger partial charge in [0.15, 0.2) is 0 Å². The molecule has 3 nitrogen and oxygen atoms in total. The third-order valence-electron chi connectivity index (χ3n) is 12.9. The van der Waals surface area contributed by atoms with Gasteiger partial charge in [0.2, 0.25) is 0 Å². The van der Waals surface area contributed by atoms with Crippen LogP contribution >= 0.6 is 0 Å². The monoisotopic (exact) mass is 865 g/mol. The molecule has 0 N–H and O–H groups in total. The molecule has 0 fully saturated rings. The summed E-state index contributed by atoms with van der Waals surface area (Å²) < 4.78 is 34.6. The van der Waals surface area contributed by atoms with E-state index in [-0.39, 0.29) is 6.42 Å². The van der Waals surface area contributed by atoms with E-state index in [1.807, 2.05) is 54.9 Å². The lowest BCUT2D eigenvalue weighted by molar-refractivity contribution is 0.911. The normalized spacial score (nSPS) is 14.3. The van der Waals surface area contributed by atoms with E-state index in [4.69, 9.17) is 10.5 Å². The minimum absolute atomic E-state index is 0.225. The zero-order valence-electron chi connectivity index (χ0n) is 41.2. The minimum atomic E-state index is -1.80. The van der Waals surface area contributed by atoms with E-state index >= 15 is 0 Å². The second-order valence-corrected chi connectivity index (χ2v) is 17.3. The fourth-order valence-electron chi connectivity index (χ4n) is 9.29. The molecule has 3 heterocycles. The van der Waals surface area contributed by atoms with E-state index in [0.29, 0.717) is 16.8 Å². The summed E-state index contributed by atoms with van der Waals surface area (Å²) in [6, 6.07) is 72.7. The molecule has 67 heavy (non-hydrogen) atoms. The van der Waals surface area contributed by atoms with Crippen LogP contribution in [0, 0.1) is 0 Å². The third kappa shape index (κ3) is 9.41. The number of hydrogen-bond donors (Lipinski definition) is 0. The maximum atomic E-state index is 8.74. The van der Waals surface area contributed by atoms with Crippen LogP contribution in [-0.2, 0) is 38.4 Å². The van der Waals surface area contributed by atoms with Gasteiger partial charge in [-0.15, -0.1) is 0 Å². The average molecular weight is 866 g/mol. The van der Waals surface area contributed by atoms with E-state index in [1.54, 1.807) is 6.07 Å². The molecule has 0 bridgehead atoms. The topological polar surface area (TPSA) is 38.7 Å². The Morgan fingerprint density at radius 2 is 0.821 bits per heavy atom. The molecule has 3 aromatic heterocycles. The predicted molar refractivity (Wildman–Crippen MR) is 278 cm³/mol. The fourth-order valence-corrected chi connectivity index (χ4v) is 9.29. The van der Waals surface area contributed by atoms with Crippen LogP contribution in [0.5, 0.6) is 0 Å². The highest BCUT2D eigenvalue weighted by Crippen LogP contribution is 2.41. The van der Waals surface area contributed by atoms with Crippen molar-refractivity contribution in [1.82, 2.24) is 15.0 Å². The number of rotatable bonds is 13. The van der Waals surface area contributed by atoms with Crippen LogP contribution in [0.1, 0.15) is 45.3 Å². The molecular weight excluding hydrogens is 811 g/mol. The molecule has 0 saturated heterocycles. The van der Waals surface area contributed by atoms with Gasteiger partial charge in [0.1, 0.15) is 0 Å². The molecule has 0 unspecified atom stereocenters. The van der Waals surface area contributed by atoms with Crippen molar-refractivity contribution in [3.8, 4) is 78.3 Å². The second-order valence-electron chi connectivity index (χ2n) is 17.3. The van der Waals surface area contributed by atoms with E-state index < -0.39 is 12.7 Å². The van der Waals surface area contributed by atoms with Gasteiger partial charge in [-0.1, -0.05) is 170 Å². The van der Waals surface area contributed by atoms with Gasteiger partial charge in [0.05, 0.1) is 17.1 Å². The van der Waals surface area contributed by atoms with Crippen LogP contribution < -0.4 is 0 Å². The summed E-state index contributed by atoms with van der Waals surface area (Å²) >= 11 is 0. The van der Waals surface area contributed by atoms with Crippen LogP contribution in [0.3, 0.4) is 0 Å². The molecule has 1 aliphatic rings. The Balaban J connectivity index is 0.976. The number of pyridine rings is 3. The van der Waals surface area contributed by atoms with Crippen LogP contribution in [0.15, 0.2) is 225 Å². The van der Waals surface area contributed by atoms with Crippen LogP contribution in [0.2, 0.25) is 0 Å². The summed E-state index contributed by atoms with van der Waals surface area (Å²) in [5.74, 6) is 0. The first-order valence-electron chi connectivity index (χ1n) is 25.2. The molecule has 0 aliphatic heterocycles. The quantitative estimate of drug-likeness (QED) is 0.116. The Kier molecular flexibility index (Phi) is 10.7. The molecule has 1 aliphatic carbocycles. The van der Waals surface area contributed by atoms with Crippen molar-refractivity contribution in [2.75, 3.05) is 0 Å². The summed E-state index contributed by atoms with van der Waals surface area (Å²) in [6.07, 6.45) is 4.96. The lowest BCUT2D eigenvalue weighted by atomic mass is 9.86. The van der Waals surface area contributed by atoms with E-state index in [9.17, 15) is 0 Å². The molecular formula is C64H51N3. The smallest absolute Gasteiger partial charge is 0.0705 e. The first-order chi connectivity index (χ1) is 34.6. The van der Waals surface area contributed by atoms with Gasteiger partial charge >= 0.3 is 0 Å². The van der Waals surface area contributed by atoms with E-state index in [1.165, 1.54) is 28.5 Å². The molecule has 0 atom stereocenters. The Bertz CT molecular complexity index is 3360. The van der Waals surface area contributed by atoms with Crippen molar-refractivity contribution in [2.24, 2.45) is 0 Å². The maximum absolute atomic E-state index is 8.74. The van der Waals surface area contributed by atoms with Gasteiger partial charge in [-0.2, -0.15) is 0 Å². The van der Waals surface area contributed by atoms with Crippen molar-refractivity contribution in [3.05, 3.63) is 258 Å². The average Bonchev–Trinajstić information content (AvgIpc) is 3.62. The number of hydrogen-bond acceptors (Lipinski definition) is 3. The highest BCUT2D eigenvalue weighted by Gasteiger charge is 2.18. The van der Waals surface area contributed by atoms with Crippen molar-refractivity contribution in [2.45, 2.75) is 44.8 Å². The number of nitrogens with zero attached hydrogens (tertiary/aromatic N) is 3. The first kappa shape index (κ1) is 37.2. The summed E-state index contributed by atoms with van der Waals surface area (Å²) in [5.41, 5.74) is 20.2. The van der Waals surface area contributed by atoms with Crippen LogP contribution in [-0.4, -0.2) is 15.0 Å². The van der Waals surface area contributed by atoms with Gasteiger partial charge in [0.25, 0.3) is 0 Å². The Morgan fingerprint density at radius 1 is 0.313 bits per heavy atom.